The van der Waals surface area contributed by atoms with E-state index in [4.69, 9.17) is 0 Å². The minimum atomic E-state index is 0.556. The van der Waals surface area contributed by atoms with Crippen molar-refractivity contribution in [3.8, 4) is 0 Å². The molecule has 0 amide bonds. The lowest BCUT2D eigenvalue weighted by molar-refractivity contribution is 0.208. The summed E-state index contributed by atoms with van der Waals surface area (Å²) in [6, 6.07) is 0. The van der Waals surface area contributed by atoms with Gasteiger partial charge in [0.15, 0.2) is 0 Å². The van der Waals surface area contributed by atoms with Crippen molar-refractivity contribution in [2.45, 2.75) is 84.5 Å². The highest BCUT2D eigenvalue weighted by Gasteiger charge is 2.46. The number of hydrogen-bond donors (Lipinski definition) is 0. The van der Waals surface area contributed by atoms with Crippen LogP contribution in [0.15, 0.2) is 23.3 Å². The Kier molecular flexibility index (Phi) is 4.38. The van der Waals surface area contributed by atoms with E-state index < -0.39 is 0 Å². The summed E-state index contributed by atoms with van der Waals surface area (Å²) >= 11 is 0. The fraction of sp³-hybridized carbons (Fsp3) is 0.800. The van der Waals surface area contributed by atoms with Crippen molar-refractivity contribution in [2.75, 3.05) is 0 Å². The van der Waals surface area contributed by atoms with Gasteiger partial charge >= 0.3 is 0 Å². The topological polar surface area (TPSA) is 0 Å². The second-order valence-corrected chi connectivity index (χ2v) is 7.49. The molecule has 0 heteroatoms. The van der Waals surface area contributed by atoms with Crippen molar-refractivity contribution in [3.05, 3.63) is 23.3 Å². The highest BCUT2D eigenvalue weighted by molar-refractivity contribution is 5.45. The first-order chi connectivity index (χ1) is 9.80. The Labute approximate surface area is 125 Å². The SMILES string of the molecule is CCCCC1(CC)CC(C2CCCCC2)C2=C1C=CC2. The number of rotatable bonds is 5. The lowest BCUT2D eigenvalue weighted by Gasteiger charge is -2.34. The van der Waals surface area contributed by atoms with Gasteiger partial charge in [0.05, 0.1) is 0 Å². The van der Waals surface area contributed by atoms with E-state index in [0.29, 0.717) is 5.41 Å². The smallest absolute Gasteiger partial charge is 0.00441 e. The number of hydrogen-bond acceptors (Lipinski definition) is 0. The Hall–Kier alpha value is -0.520. The lowest BCUT2D eigenvalue weighted by Crippen LogP contribution is -2.23. The Bertz CT molecular complexity index is 394. The zero-order chi connectivity index (χ0) is 14.0. The third kappa shape index (κ3) is 2.40. The second-order valence-electron chi connectivity index (χ2n) is 7.49. The molecule has 0 aliphatic heterocycles. The van der Waals surface area contributed by atoms with Crippen LogP contribution in [0.3, 0.4) is 0 Å². The number of allylic oxidation sites excluding steroid dienone is 4. The van der Waals surface area contributed by atoms with Gasteiger partial charge in [0.2, 0.25) is 0 Å². The molecule has 0 bridgehead atoms. The minimum absolute atomic E-state index is 0.556. The predicted octanol–water partition coefficient (Wildman–Crippen LogP) is 6.43. The van der Waals surface area contributed by atoms with Crippen LogP contribution in [0.5, 0.6) is 0 Å². The van der Waals surface area contributed by atoms with Crippen molar-refractivity contribution in [1.29, 1.82) is 0 Å². The first-order valence-electron chi connectivity index (χ1n) is 9.21. The van der Waals surface area contributed by atoms with Crippen LogP contribution < -0.4 is 0 Å². The fourth-order valence-corrected chi connectivity index (χ4v) is 5.29. The van der Waals surface area contributed by atoms with E-state index >= 15 is 0 Å². The van der Waals surface area contributed by atoms with E-state index in [9.17, 15) is 0 Å². The molecule has 0 heterocycles. The predicted molar refractivity (Wildman–Crippen MR) is 87.7 cm³/mol. The fourth-order valence-electron chi connectivity index (χ4n) is 5.29. The van der Waals surface area contributed by atoms with Crippen LogP contribution in [-0.4, -0.2) is 0 Å². The molecule has 0 nitrogen and oxygen atoms in total. The van der Waals surface area contributed by atoms with Crippen molar-refractivity contribution < 1.29 is 0 Å². The van der Waals surface area contributed by atoms with Gasteiger partial charge in [-0.25, -0.2) is 0 Å². The Morgan fingerprint density at radius 2 is 1.95 bits per heavy atom. The van der Waals surface area contributed by atoms with Crippen LogP contribution in [0.25, 0.3) is 0 Å². The van der Waals surface area contributed by atoms with Gasteiger partial charge in [-0.1, -0.05) is 63.7 Å². The summed E-state index contributed by atoms with van der Waals surface area (Å²) in [4.78, 5) is 0. The largest absolute Gasteiger partial charge is 0.0801 e. The van der Waals surface area contributed by atoms with Crippen LogP contribution in [0, 0.1) is 17.3 Å². The first-order valence-corrected chi connectivity index (χ1v) is 9.21. The van der Waals surface area contributed by atoms with E-state index in [2.05, 4.69) is 26.0 Å². The Morgan fingerprint density at radius 1 is 1.15 bits per heavy atom. The molecule has 3 aliphatic carbocycles. The van der Waals surface area contributed by atoms with Crippen LogP contribution in [-0.2, 0) is 0 Å². The molecule has 20 heavy (non-hydrogen) atoms. The van der Waals surface area contributed by atoms with Gasteiger partial charge in [0.1, 0.15) is 0 Å². The van der Waals surface area contributed by atoms with Crippen molar-refractivity contribution >= 4 is 0 Å². The molecule has 0 saturated heterocycles. The van der Waals surface area contributed by atoms with Crippen LogP contribution in [0.4, 0.5) is 0 Å². The maximum Gasteiger partial charge on any atom is -0.00441 e. The summed E-state index contributed by atoms with van der Waals surface area (Å²) in [6.45, 7) is 4.78. The molecule has 1 fully saturated rings. The van der Waals surface area contributed by atoms with E-state index in [1.807, 2.05) is 5.57 Å². The normalized spacial score (nSPS) is 34.0. The molecule has 0 radical (unpaired) electrons. The van der Waals surface area contributed by atoms with E-state index in [1.165, 1.54) is 70.6 Å². The molecular formula is C20H32. The van der Waals surface area contributed by atoms with Gasteiger partial charge in [0, 0.05) is 0 Å². The Morgan fingerprint density at radius 3 is 2.65 bits per heavy atom. The quantitative estimate of drug-likeness (QED) is 0.541. The molecule has 0 aromatic heterocycles. The van der Waals surface area contributed by atoms with E-state index in [0.717, 1.165) is 11.8 Å². The highest BCUT2D eigenvalue weighted by atomic mass is 14.5. The molecule has 3 rings (SSSR count). The molecule has 2 unspecified atom stereocenters. The number of unbranched alkanes of at least 4 members (excludes halogenated alkanes) is 1. The maximum atomic E-state index is 2.51. The molecule has 0 N–H and O–H groups in total. The molecule has 0 aromatic rings. The summed E-state index contributed by atoms with van der Waals surface area (Å²) in [6.07, 6.45) is 20.8. The summed E-state index contributed by atoms with van der Waals surface area (Å²) in [5, 5.41) is 0. The summed E-state index contributed by atoms with van der Waals surface area (Å²) in [7, 11) is 0. The highest BCUT2D eigenvalue weighted by Crippen LogP contribution is 2.58. The van der Waals surface area contributed by atoms with Gasteiger partial charge in [0.25, 0.3) is 0 Å². The molecular weight excluding hydrogens is 240 g/mol. The van der Waals surface area contributed by atoms with Crippen molar-refractivity contribution in [3.63, 3.8) is 0 Å². The van der Waals surface area contributed by atoms with Crippen molar-refractivity contribution in [2.24, 2.45) is 17.3 Å². The van der Waals surface area contributed by atoms with Gasteiger partial charge in [-0.2, -0.15) is 0 Å². The van der Waals surface area contributed by atoms with Crippen LogP contribution in [0.2, 0.25) is 0 Å². The molecule has 0 spiro atoms. The second kappa shape index (κ2) is 6.08. The summed E-state index contributed by atoms with van der Waals surface area (Å²) in [5.41, 5.74) is 4.22. The monoisotopic (exact) mass is 272 g/mol. The third-order valence-electron chi connectivity index (χ3n) is 6.50. The molecule has 0 aromatic carbocycles. The van der Waals surface area contributed by atoms with Gasteiger partial charge in [-0.15, -0.1) is 0 Å². The maximum absolute atomic E-state index is 2.51. The summed E-state index contributed by atoms with van der Waals surface area (Å²) in [5.74, 6) is 1.96. The minimum Gasteiger partial charge on any atom is -0.0801 e. The summed E-state index contributed by atoms with van der Waals surface area (Å²) < 4.78 is 0. The van der Waals surface area contributed by atoms with E-state index in [-0.39, 0.29) is 0 Å². The molecule has 1 saturated carbocycles. The standard InChI is InChI=1S/C20H32/c1-3-5-14-20(4-2)15-18(16-10-7-6-8-11-16)17-12-9-13-19(17)20/h9,13,16,18H,3-8,10-12,14-15H2,1-2H3. The van der Waals surface area contributed by atoms with Gasteiger partial charge in [-0.05, 0) is 61.3 Å². The zero-order valence-corrected chi connectivity index (χ0v) is 13.6. The zero-order valence-electron chi connectivity index (χ0n) is 13.6. The third-order valence-corrected chi connectivity index (χ3v) is 6.50. The van der Waals surface area contributed by atoms with Gasteiger partial charge in [-0.3, -0.25) is 0 Å². The van der Waals surface area contributed by atoms with Gasteiger partial charge < -0.3 is 0 Å². The molecule has 112 valence electrons. The van der Waals surface area contributed by atoms with Crippen LogP contribution in [0.1, 0.15) is 84.5 Å². The lowest BCUT2D eigenvalue weighted by atomic mass is 9.70. The molecule has 3 aliphatic rings. The average molecular weight is 272 g/mol. The van der Waals surface area contributed by atoms with E-state index in [1.54, 1.807) is 5.57 Å². The first kappa shape index (κ1) is 14.4. The van der Waals surface area contributed by atoms with Crippen LogP contribution >= 0.6 is 0 Å². The average Bonchev–Trinajstić information content (AvgIpc) is 3.08. The Balaban J connectivity index is 1.82. The molecule has 2 atom stereocenters. The van der Waals surface area contributed by atoms with Crippen molar-refractivity contribution in [1.82, 2.24) is 0 Å².